The number of benzene rings is 2. The largest absolute Gasteiger partial charge is 0.300 e. The van der Waals surface area contributed by atoms with E-state index < -0.39 is 0 Å². The number of carbonyl (C=O) groups excluding carboxylic acids is 1. The molecule has 0 saturated heterocycles. The second-order valence-electron chi connectivity index (χ2n) is 6.75. The molecule has 0 aliphatic rings. The minimum Gasteiger partial charge on any atom is -0.300 e. The number of carbonyl (C=O) groups is 1. The molecule has 0 aliphatic heterocycles. The Hall–Kier alpha value is -2.18. The highest BCUT2D eigenvalue weighted by Crippen LogP contribution is 2.33. The van der Waals surface area contributed by atoms with E-state index in [0.29, 0.717) is 5.13 Å². The number of rotatable bonds is 5. The van der Waals surface area contributed by atoms with Crippen molar-refractivity contribution in [1.29, 1.82) is 0 Å². The van der Waals surface area contributed by atoms with Gasteiger partial charge < -0.3 is 0 Å². The third-order valence-corrected chi connectivity index (χ3v) is 6.22. The Kier molecular flexibility index (Phi) is 5.97. The maximum atomic E-state index is 12.5. The number of anilines is 1. The lowest BCUT2D eigenvalue weighted by atomic mass is 10.0. The van der Waals surface area contributed by atoms with E-state index in [9.17, 15) is 4.79 Å². The highest BCUT2D eigenvalue weighted by atomic mass is 32.2. The van der Waals surface area contributed by atoms with Gasteiger partial charge in [0, 0.05) is 10.5 Å². The second-order valence-corrected chi connectivity index (χ2v) is 9.14. The predicted octanol–water partition coefficient (Wildman–Crippen LogP) is 5.56. The molecule has 3 aromatic rings. The second kappa shape index (κ2) is 8.23. The van der Waals surface area contributed by atoms with Crippen LogP contribution in [-0.2, 0) is 4.79 Å². The summed E-state index contributed by atoms with van der Waals surface area (Å²) in [6.45, 7) is 10.2. The summed E-state index contributed by atoms with van der Waals surface area (Å²) in [5.41, 5.74) is 5.88. The molecule has 6 heteroatoms. The fourth-order valence-corrected chi connectivity index (χ4v) is 4.76. The van der Waals surface area contributed by atoms with Gasteiger partial charge in [0.05, 0.1) is 5.25 Å². The van der Waals surface area contributed by atoms with Crippen LogP contribution in [0.15, 0.2) is 41.3 Å². The molecule has 0 saturated carbocycles. The van der Waals surface area contributed by atoms with Gasteiger partial charge in [0.15, 0.2) is 0 Å². The number of nitrogens with one attached hydrogen (secondary N) is 1. The van der Waals surface area contributed by atoms with Crippen LogP contribution in [-0.4, -0.2) is 21.4 Å². The van der Waals surface area contributed by atoms with Crippen molar-refractivity contribution in [3.05, 3.63) is 58.7 Å². The van der Waals surface area contributed by atoms with Crippen LogP contribution in [0.4, 0.5) is 5.13 Å². The molecule has 0 spiro atoms. The van der Waals surface area contributed by atoms with Crippen LogP contribution in [0.1, 0.15) is 29.2 Å². The summed E-state index contributed by atoms with van der Waals surface area (Å²) < 4.78 is 0. The van der Waals surface area contributed by atoms with E-state index in [-0.39, 0.29) is 11.2 Å². The smallest absolute Gasteiger partial charge is 0.239 e. The van der Waals surface area contributed by atoms with Crippen molar-refractivity contribution in [1.82, 2.24) is 10.2 Å². The molecular formula is C21H23N3OS2. The number of hydrogen-bond acceptors (Lipinski definition) is 5. The van der Waals surface area contributed by atoms with E-state index >= 15 is 0 Å². The highest BCUT2D eigenvalue weighted by Gasteiger charge is 2.18. The van der Waals surface area contributed by atoms with Crippen molar-refractivity contribution in [2.45, 2.75) is 44.8 Å². The topological polar surface area (TPSA) is 54.9 Å². The summed E-state index contributed by atoms with van der Waals surface area (Å²) in [4.78, 5) is 13.6. The molecule has 27 heavy (non-hydrogen) atoms. The quantitative estimate of drug-likeness (QED) is 0.573. The minimum absolute atomic E-state index is 0.0689. The third kappa shape index (κ3) is 4.76. The summed E-state index contributed by atoms with van der Waals surface area (Å²) in [6, 6.07) is 12.5. The van der Waals surface area contributed by atoms with Crippen LogP contribution < -0.4 is 5.32 Å². The Morgan fingerprint density at radius 3 is 2.26 bits per heavy atom. The lowest BCUT2D eigenvalue weighted by molar-refractivity contribution is -0.115. The van der Waals surface area contributed by atoms with Gasteiger partial charge in [0.1, 0.15) is 5.01 Å². The van der Waals surface area contributed by atoms with E-state index in [2.05, 4.69) is 67.5 Å². The van der Waals surface area contributed by atoms with E-state index in [1.807, 2.05) is 19.1 Å². The first-order chi connectivity index (χ1) is 12.8. The van der Waals surface area contributed by atoms with Gasteiger partial charge in [0.2, 0.25) is 11.0 Å². The van der Waals surface area contributed by atoms with Gasteiger partial charge in [0.25, 0.3) is 0 Å². The lowest BCUT2D eigenvalue weighted by Gasteiger charge is -2.10. The molecule has 1 N–H and O–H groups in total. The van der Waals surface area contributed by atoms with Gasteiger partial charge in [-0.3, -0.25) is 10.1 Å². The van der Waals surface area contributed by atoms with Gasteiger partial charge >= 0.3 is 0 Å². The molecule has 2 aromatic carbocycles. The molecule has 4 nitrogen and oxygen atoms in total. The number of thioether (sulfide) groups is 1. The molecule has 140 valence electrons. The number of nitrogens with zero attached hydrogens (tertiary/aromatic N) is 2. The first-order valence-corrected chi connectivity index (χ1v) is 10.5. The van der Waals surface area contributed by atoms with Crippen LogP contribution in [0.2, 0.25) is 0 Å². The molecule has 1 atom stereocenters. The lowest BCUT2D eigenvalue weighted by Crippen LogP contribution is -2.22. The van der Waals surface area contributed by atoms with E-state index in [0.717, 1.165) is 15.5 Å². The average Bonchev–Trinajstić information content (AvgIpc) is 3.04. The Balaban J connectivity index is 1.70. The fraction of sp³-hybridized carbons (Fsp3) is 0.286. The van der Waals surface area contributed by atoms with E-state index in [1.54, 1.807) is 0 Å². The zero-order valence-electron chi connectivity index (χ0n) is 16.2. The van der Waals surface area contributed by atoms with Gasteiger partial charge in [-0.05, 0) is 57.9 Å². The molecule has 1 unspecified atom stereocenters. The molecule has 0 bridgehead atoms. The molecule has 0 fully saturated rings. The zero-order chi connectivity index (χ0) is 19.6. The van der Waals surface area contributed by atoms with Crippen molar-refractivity contribution >= 4 is 34.1 Å². The van der Waals surface area contributed by atoms with E-state index in [1.165, 1.54) is 45.4 Å². The first kappa shape index (κ1) is 19.6. The van der Waals surface area contributed by atoms with Crippen molar-refractivity contribution in [3.8, 4) is 10.6 Å². The van der Waals surface area contributed by atoms with Gasteiger partial charge in [-0.15, -0.1) is 22.0 Å². The summed E-state index contributed by atoms with van der Waals surface area (Å²) >= 11 is 2.94. The Morgan fingerprint density at radius 2 is 1.63 bits per heavy atom. The molecule has 0 aliphatic carbocycles. The van der Waals surface area contributed by atoms with Crippen LogP contribution in [0.3, 0.4) is 0 Å². The van der Waals surface area contributed by atoms with Crippen molar-refractivity contribution in [2.75, 3.05) is 5.32 Å². The molecule has 1 heterocycles. The van der Waals surface area contributed by atoms with Crippen LogP contribution in [0.5, 0.6) is 0 Å². The minimum atomic E-state index is -0.220. The van der Waals surface area contributed by atoms with Crippen molar-refractivity contribution in [3.63, 3.8) is 0 Å². The SMILES string of the molecule is Cc1ccc(SC(C)C(=O)Nc2nnc(-c3c(C)cc(C)cc3C)s2)cc1. The van der Waals surface area contributed by atoms with Gasteiger partial charge in [-0.1, -0.05) is 46.7 Å². The van der Waals surface area contributed by atoms with Crippen LogP contribution in [0.25, 0.3) is 10.6 Å². The van der Waals surface area contributed by atoms with Gasteiger partial charge in [-0.25, -0.2) is 0 Å². The normalized spacial score (nSPS) is 12.0. The van der Waals surface area contributed by atoms with Gasteiger partial charge in [-0.2, -0.15) is 0 Å². The maximum absolute atomic E-state index is 12.5. The molecule has 1 aromatic heterocycles. The molecule has 0 radical (unpaired) electrons. The summed E-state index contributed by atoms with van der Waals surface area (Å²) in [5.74, 6) is -0.0689. The first-order valence-electron chi connectivity index (χ1n) is 8.79. The number of hydrogen-bond donors (Lipinski definition) is 1. The summed E-state index contributed by atoms with van der Waals surface area (Å²) in [5, 5.41) is 12.5. The van der Waals surface area contributed by atoms with Crippen molar-refractivity contribution in [2.24, 2.45) is 0 Å². The number of amides is 1. The van der Waals surface area contributed by atoms with Crippen LogP contribution in [0, 0.1) is 27.7 Å². The summed E-state index contributed by atoms with van der Waals surface area (Å²) in [7, 11) is 0. The monoisotopic (exact) mass is 397 g/mol. The van der Waals surface area contributed by atoms with Crippen LogP contribution >= 0.6 is 23.1 Å². The Bertz CT molecular complexity index is 941. The Morgan fingerprint density at radius 1 is 1.00 bits per heavy atom. The maximum Gasteiger partial charge on any atom is 0.239 e. The average molecular weight is 398 g/mol. The van der Waals surface area contributed by atoms with E-state index in [4.69, 9.17) is 0 Å². The fourth-order valence-electron chi connectivity index (χ4n) is 2.97. The number of aryl methyl sites for hydroxylation is 4. The highest BCUT2D eigenvalue weighted by molar-refractivity contribution is 8.00. The molecule has 1 amide bonds. The zero-order valence-corrected chi connectivity index (χ0v) is 17.8. The molecule has 3 rings (SSSR count). The molecular weight excluding hydrogens is 374 g/mol. The predicted molar refractivity (Wildman–Crippen MR) is 115 cm³/mol. The summed E-state index contributed by atoms with van der Waals surface area (Å²) in [6.07, 6.45) is 0. The Labute approximate surface area is 168 Å². The van der Waals surface area contributed by atoms with Crippen molar-refractivity contribution < 1.29 is 4.79 Å². The standard InChI is InChI=1S/C21H23N3OS2/c1-12-6-8-17(9-7-12)26-16(5)19(25)22-21-24-23-20(27-21)18-14(3)10-13(2)11-15(18)4/h6-11,16H,1-5H3,(H,22,24,25). The number of aromatic nitrogens is 2. The third-order valence-electron chi connectivity index (χ3n) is 4.25.